The van der Waals surface area contributed by atoms with Crippen LogP contribution in [0.25, 0.3) is 0 Å². The summed E-state index contributed by atoms with van der Waals surface area (Å²) in [6, 6.07) is 1.35. The third-order valence-electron chi connectivity index (χ3n) is 2.56. The summed E-state index contributed by atoms with van der Waals surface area (Å²) in [4.78, 5) is 11.4. The molecule has 1 fully saturated rings. The van der Waals surface area contributed by atoms with E-state index in [0.29, 0.717) is 0 Å². The monoisotopic (exact) mass is 216 g/mol. The van der Waals surface area contributed by atoms with Gasteiger partial charge in [-0.25, -0.2) is 8.78 Å². The largest absolute Gasteiger partial charge is 0.340 e. The molecule has 0 bridgehead atoms. The lowest BCUT2D eigenvalue weighted by Crippen LogP contribution is -2.48. The molecule has 1 saturated carbocycles. The van der Waals surface area contributed by atoms with Gasteiger partial charge in [0.2, 0.25) is 11.8 Å². The molecule has 0 saturated heterocycles. The first-order chi connectivity index (χ1) is 6.85. The molecule has 1 atom stereocenters. The first-order valence-electron chi connectivity index (χ1n) is 4.93. The van der Waals surface area contributed by atoms with Gasteiger partial charge < -0.3 is 5.32 Å². The molecule has 15 heavy (non-hydrogen) atoms. The van der Waals surface area contributed by atoms with E-state index in [0.717, 1.165) is 0 Å². The van der Waals surface area contributed by atoms with Crippen molar-refractivity contribution in [2.75, 3.05) is 0 Å². The number of amides is 1. The van der Waals surface area contributed by atoms with Crippen molar-refractivity contribution in [1.29, 1.82) is 5.26 Å². The van der Waals surface area contributed by atoms with E-state index in [4.69, 9.17) is 5.26 Å². The van der Waals surface area contributed by atoms with E-state index in [9.17, 15) is 13.6 Å². The summed E-state index contributed by atoms with van der Waals surface area (Å²) in [5, 5.41) is 11.2. The van der Waals surface area contributed by atoms with Crippen molar-refractivity contribution >= 4 is 5.91 Å². The zero-order chi connectivity index (χ0) is 11.6. The topological polar surface area (TPSA) is 52.9 Å². The molecule has 84 valence electrons. The van der Waals surface area contributed by atoms with E-state index in [1.807, 2.05) is 6.07 Å². The van der Waals surface area contributed by atoms with Crippen LogP contribution in [-0.2, 0) is 4.79 Å². The van der Waals surface area contributed by atoms with E-state index >= 15 is 0 Å². The van der Waals surface area contributed by atoms with Crippen molar-refractivity contribution in [1.82, 2.24) is 5.32 Å². The summed E-state index contributed by atoms with van der Waals surface area (Å²) >= 11 is 0. The summed E-state index contributed by atoms with van der Waals surface area (Å²) < 4.78 is 25.0. The molecule has 1 aliphatic rings. The minimum Gasteiger partial charge on any atom is -0.340 e. The van der Waals surface area contributed by atoms with E-state index < -0.39 is 36.6 Å². The maximum Gasteiger partial charge on any atom is 0.249 e. The average Bonchev–Trinajstić information content (AvgIpc) is 2.09. The average molecular weight is 216 g/mol. The van der Waals surface area contributed by atoms with Crippen LogP contribution >= 0.6 is 0 Å². The van der Waals surface area contributed by atoms with E-state index in [2.05, 4.69) is 5.32 Å². The predicted octanol–water partition coefficient (Wildman–Crippen LogP) is 1.70. The highest BCUT2D eigenvalue weighted by Gasteiger charge is 2.48. The van der Waals surface area contributed by atoms with Gasteiger partial charge in [0.15, 0.2) is 0 Å². The Balaban J connectivity index is 2.41. The van der Waals surface area contributed by atoms with Gasteiger partial charge in [0, 0.05) is 18.8 Å². The molecule has 0 heterocycles. The van der Waals surface area contributed by atoms with Crippen LogP contribution in [0.5, 0.6) is 0 Å². The molecule has 0 aliphatic heterocycles. The summed E-state index contributed by atoms with van der Waals surface area (Å²) in [6.07, 6.45) is -0.788. The number of hydrogen-bond acceptors (Lipinski definition) is 2. The maximum absolute atomic E-state index is 12.5. The van der Waals surface area contributed by atoms with Crippen LogP contribution in [0.15, 0.2) is 0 Å². The number of carbonyl (C=O) groups is 1. The molecule has 1 amide bonds. The maximum atomic E-state index is 12.5. The Bertz CT molecular complexity index is 288. The van der Waals surface area contributed by atoms with Gasteiger partial charge in [-0.15, -0.1) is 0 Å². The molecule has 0 unspecified atom stereocenters. The molecular formula is C10H14F2N2O. The number of halogens is 2. The van der Waals surface area contributed by atoms with Crippen molar-refractivity contribution in [3.63, 3.8) is 0 Å². The SMILES string of the molecule is CC(C)[C@H](C#N)NC(=O)C1CC(F)(F)C1. The predicted molar refractivity (Wildman–Crippen MR) is 50.1 cm³/mol. The normalized spacial score (nSPS) is 21.6. The van der Waals surface area contributed by atoms with Crippen molar-refractivity contribution in [3.8, 4) is 6.07 Å². The molecule has 5 heteroatoms. The van der Waals surface area contributed by atoms with E-state index in [1.54, 1.807) is 13.8 Å². The van der Waals surface area contributed by atoms with Crippen molar-refractivity contribution in [3.05, 3.63) is 0 Å². The zero-order valence-electron chi connectivity index (χ0n) is 8.76. The van der Waals surface area contributed by atoms with Crippen LogP contribution < -0.4 is 5.32 Å². The minimum absolute atomic E-state index is 0.0143. The highest BCUT2D eigenvalue weighted by Crippen LogP contribution is 2.42. The molecule has 1 rings (SSSR count). The number of hydrogen-bond donors (Lipinski definition) is 1. The lowest BCUT2D eigenvalue weighted by molar-refractivity contribution is -0.150. The van der Waals surface area contributed by atoms with Gasteiger partial charge in [0.25, 0.3) is 0 Å². The lowest BCUT2D eigenvalue weighted by Gasteiger charge is -2.34. The molecule has 0 aromatic rings. The fourth-order valence-electron chi connectivity index (χ4n) is 1.47. The fourth-order valence-corrected chi connectivity index (χ4v) is 1.47. The standard InChI is InChI=1S/C10H14F2N2O/c1-6(2)8(5-13)14-9(15)7-3-10(11,12)4-7/h6-8H,3-4H2,1-2H3,(H,14,15)/t8-/m0/s1. The Kier molecular flexibility index (Phi) is 3.28. The van der Waals surface area contributed by atoms with Gasteiger partial charge in [-0.2, -0.15) is 5.26 Å². The van der Waals surface area contributed by atoms with Gasteiger partial charge in [-0.3, -0.25) is 4.79 Å². The van der Waals surface area contributed by atoms with Crippen molar-refractivity contribution in [2.45, 2.75) is 38.7 Å². The third-order valence-corrected chi connectivity index (χ3v) is 2.56. The molecule has 0 aromatic heterocycles. The van der Waals surface area contributed by atoms with Crippen LogP contribution in [-0.4, -0.2) is 17.9 Å². The Hall–Kier alpha value is -1.18. The number of nitrogens with one attached hydrogen (secondary N) is 1. The second-order valence-electron chi connectivity index (χ2n) is 4.32. The van der Waals surface area contributed by atoms with Gasteiger partial charge in [-0.05, 0) is 5.92 Å². The highest BCUT2D eigenvalue weighted by atomic mass is 19.3. The smallest absolute Gasteiger partial charge is 0.249 e. The first-order valence-corrected chi connectivity index (χ1v) is 4.93. The van der Waals surface area contributed by atoms with Gasteiger partial charge in [0.1, 0.15) is 6.04 Å². The van der Waals surface area contributed by atoms with Gasteiger partial charge in [-0.1, -0.05) is 13.8 Å². The third kappa shape index (κ3) is 2.88. The number of nitriles is 1. The number of rotatable bonds is 3. The molecule has 0 spiro atoms. The quantitative estimate of drug-likeness (QED) is 0.780. The van der Waals surface area contributed by atoms with Crippen LogP contribution in [0.3, 0.4) is 0 Å². The second-order valence-corrected chi connectivity index (χ2v) is 4.32. The van der Waals surface area contributed by atoms with Gasteiger partial charge >= 0.3 is 0 Å². The molecule has 0 radical (unpaired) electrons. The highest BCUT2D eigenvalue weighted by molar-refractivity contribution is 5.80. The Morgan fingerprint density at radius 3 is 2.40 bits per heavy atom. The number of carbonyl (C=O) groups excluding carboxylic acids is 1. The van der Waals surface area contributed by atoms with E-state index in [1.165, 1.54) is 0 Å². The number of nitrogens with zero attached hydrogens (tertiary/aromatic N) is 1. The Morgan fingerprint density at radius 1 is 1.53 bits per heavy atom. The molecule has 0 aromatic carbocycles. The zero-order valence-corrected chi connectivity index (χ0v) is 8.76. The van der Waals surface area contributed by atoms with Crippen LogP contribution in [0, 0.1) is 23.2 Å². The first kappa shape index (κ1) is 11.9. The number of alkyl halides is 2. The summed E-state index contributed by atoms with van der Waals surface area (Å²) in [5.41, 5.74) is 0. The minimum atomic E-state index is -2.69. The second kappa shape index (κ2) is 4.13. The lowest BCUT2D eigenvalue weighted by atomic mass is 9.80. The van der Waals surface area contributed by atoms with E-state index in [-0.39, 0.29) is 5.92 Å². The van der Waals surface area contributed by atoms with Crippen molar-refractivity contribution < 1.29 is 13.6 Å². The van der Waals surface area contributed by atoms with Crippen LogP contribution in [0.4, 0.5) is 8.78 Å². The fraction of sp³-hybridized carbons (Fsp3) is 0.800. The summed E-state index contributed by atoms with van der Waals surface area (Å²) in [5.74, 6) is -3.77. The van der Waals surface area contributed by atoms with Crippen LogP contribution in [0.1, 0.15) is 26.7 Å². The van der Waals surface area contributed by atoms with Crippen LogP contribution in [0.2, 0.25) is 0 Å². The molecular weight excluding hydrogens is 202 g/mol. The molecule has 1 aliphatic carbocycles. The summed E-state index contributed by atoms with van der Waals surface area (Å²) in [7, 11) is 0. The van der Waals surface area contributed by atoms with Gasteiger partial charge in [0.05, 0.1) is 6.07 Å². The van der Waals surface area contributed by atoms with Crippen molar-refractivity contribution in [2.24, 2.45) is 11.8 Å². The molecule has 3 nitrogen and oxygen atoms in total. The Morgan fingerprint density at radius 2 is 2.07 bits per heavy atom. The Labute approximate surface area is 87.5 Å². The molecule has 1 N–H and O–H groups in total. The summed E-state index contributed by atoms with van der Waals surface area (Å²) in [6.45, 7) is 3.59.